The van der Waals surface area contributed by atoms with Crippen LogP contribution in [-0.2, 0) is 6.42 Å². The topological polar surface area (TPSA) is 70.2 Å². The summed E-state index contributed by atoms with van der Waals surface area (Å²) in [6, 6.07) is 18.0. The molecule has 0 unspecified atom stereocenters. The number of ketones is 1. The summed E-state index contributed by atoms with van der Waals surface area (Å²) in [5, 5.41) is 9.32. The summed E-state index contributed by atoms with van der Waals surface area (Å²) in [6.45, 7) is 3.23. The van der Waals surface area contributed by atoms with E-state index in [1.54, 1.807) is 24.3 Å². The van der Waals surface area contributed by atoms with Crippen molar-refractivity contribution in [3.8, 4) is 0 Å². The minimum absolute atomic E-state index is 0.0143. The first-order chi connectivity index (χ1) is 14.1. The van der Waals surface area contributed by atoms with Crippen molar-refractivity contribution >= 4 is 17.5 Å². The molecule has 1 aliphatic heterocycles. The molecule has 29 heavy (non-hydrogen) atoms. The van der Waals surface area contributed by atoms with Crippen molar-refractivity contribution in [1.82, 2.24) is 10.6 Å². The highest BCUT2D eigenvalue weighted by Crippen LogP contribution is 2.23. The number of Topliss-reactive ketones (excluding diaryl/α,β-unsaturated/α-hetero) is 1. The predicted octanol–water partition coefficient (Wildman–Crippen LogP) is 4.40. The summed E-state index contributed by atoms with van der Waals surface area (Å²) >= 11 is 0. The van der Waals surface area contributed by atoms with Crippen molar-refractivity contribution in [2.75, 3.05) is 18.4 Å². The maximum Gasteiger partial charge on any atom is 0.319 e. The number of rotatable bonds is 8. The Morgan fingerprint density at radius 1 is 1.10 bits per heavy atom. The van der Waals surface area contributed by atoms with Crippen LogP contribution in [-0.4, -0.2) is 30.9 Å². The van der Waals surface area contributed by atoms with E-state index in [9.17, 15) is 9.59 Å². The molecular weight excluding hydrogens is 362 g/mol. The van der Waals surface area contributed by atoms with Crippen LogP contribution in [0.3, 0.4) is 0 Å². The molecule has 0 aliphatic carbocycles. The molecule has 3 rings (SSSR count). The minimum Gasteiger partial charge on any atom is -0.338 e. The van der Waals surface area contributed by atoms with Crippen molar-refractivity contribution in [3.63, 3.8) is 0 Å². The number of hydrogen-bond acceptors (Lipinski definition) is 3. The lowest BCUT2D eigenvalue weighted by molar-refractivity contribution is 0.101. The van der Waals surface area contributed by atoms with Crippen molar-refractivity contribution in [3.05, 3.63) is 65.7 Å². The third-order valence-corrected chi connectivity index (χ3v) is 5.51. The SMILES string of the molecule is CC(=O)c1cccc(NC(=O)NCCC[C@@H]2C[C@@H](Cc3ccccc3)CCN2)c1. The molecule has 1 saturated heterocycles. The highest BCUT2D eigenvalue weighted by Gasteiger charge is 2.21. The van der Waals surface area contributed by atoms with Gasteiger partial charge in [-0.05, 0) is 69.2 Å². The fourth-order valence-electron chi connectivity index (χ4n) is 3.99. The van der Waals surface area contributed by atoms with Crippen LogP contribution in [0.15, 0.2) is 54.6 Å². The van der Waals surface area contributed by atoms with Crippen LogP contribution in [0.4, 0.5) is 10.5 Å². The van der Waals surface area contributed by atoms with Gasteiger partial charge in [-0.2, -0.15) is 0 Å². The van der Waals surface area contributed by atoms with Crippen LogP contribution >= 0.6 is 0 Å². The Labute approximate surface area is 173 Å². The zero-order chi connectivity index (χ0) is 20.5. The Hall–Kier alpha value is -2.66. The third kappa shape index (κ3) is 7.02. The molecule has 2 amide bonds. The summed E-state index contributed by atoms with van der Waals surface area (Å²) < 4.78 is 0. The highest BCUT2D eigenvalue weighted by molar-refractivity contribution is 5.96. The molecule has 2 atom stereocenters. The predicted molar refractivity (Wildman–Crippen MR) is 117 cm³/mol. The van der Waals surface area contributed by atoms with Gasteiger partial charge in [-0.1, -0.05) is 42.5 Å². The maximum absolute atomic E-state index is 12.1. The largest absolute Gasteiger partial charge is 0.338 e. The van der Waals surface area contributed by atoms with E-state index in [4.69, 9.17) is 0 Å². The van der Waals surface area contributed by atoms with Gasteiger partial charge in [0.25, 0.3) is 0 Å². The van der Waals surface area contributed by atoms with Gasteiger partial charge in [-0.15, -0.1) is 0 Å². The number of carbonyl (C=O) groups is 2. The van der Waals surface area contributed by atoms with E-state index in [2.05, 4.69) is 46.3 Å². The number of carbonyl (C=O) groups excluding carboxylic acids is 2. The third-order valence-electron chi connectivity index (χ3n) is 5.51. The molecule has 0 radical (unpaired) electrons. The lowest BCUT2D eigenvalue weighted by Gasteiger charge is -2.30. The summed E-state index contributed by atoms with van der Waals surface area (Å²) in [4.78, 5) is 23.5. The second-order valence-electron chi connectivity index (χ2n) is 7.89. The molecule has 1 heterocycles. The van der Waals surface area contributed by atoms with Crippen LogP contribution in [0.2, 0.25) is 0 Å². The summed E-state index contributed by atoms with van der Waals surface area (Å²) in [6.07, 6.45) is 5.57. The molecular formula is C24H31N3O2. The molecule has 2 aromatic rings. The average Bonchev–Trinajstić information content (AvgIpc) is 2.72. The van der Waals surface area contributed by atoms with Crippen LogP contribution in [0, 0.1) is 5.92 Å². The van der Waals surface area contributed by atoms with E-state index in [1.165, 1.54) is 25.3 Å². The van der Waals surface area contributed by atoms with Gasteiger partial charge in [-0.25, -0.2) is 4.79 Å². The average molecular weight is 394 g/mol. The minimum atomic E-state index is -0.232. The first-order valence-electron chi connectivity index (χ1n) is 10.5. The lowest BCUT2D eigenvalue weighted by Crippen LogP contribution is -2.39. The molecule has 0 bridgehead atoms. The number of nitrogens with one attached hydrogen (secondary N) is 3. The number of anilines is 1. The Morgan fingerprint density at radius 2 is 1.93 bits per heavy atom. The number of hydrogen-bond donors (Lipinski definition) is 3. The highest BCUT2D eigenvalue weighted by atomic mass is 16.2. The smallest absolute Gasteiger partial charge is 0.319 e. The molecule has 5 heteroatoms. The lowest BCUT2D eigenvalue weighted by atomic mass is 9.86. The summed E-state index contributed by atoms with van der Waals surface area (Å²) in [5.74, 6) is 0.716. The Balaban J connectivity index is 1.35. The van der Waals surface area contributed by atoms with Gasteiger partial charge >= 0.3 is 6.03 Å². The number of piperidine rings is 1. The van der Waals surface area contributed by atoms with Gasteiger partial charge in [0, 0.05) is 23.8 Å². The fraction of sp³-hybridized carbons (Fsp3) is 0.417. The number of urea groups is 1. The van der Waals surface area contributed by atoms with E-state index in [0.29, 0.717) is 23.8 Å². The fourth-order valence-corrected chi connectivity index (χ4v) is 3.99. The molecule has 0 saturated carbocycles. The second kappa shape index (κ2) is 10.8. The zero-order valence-corrected chi connectivity index (χ0v) is 17.1. The molecule has 0 spiro atoms. The summed E-state index contributed by atoms with van der Waals surface area (Å²) in [5.41, 5.74) is 2.65. The van der Waals surface area contributed by atoms with Gasteiger partial charge in [0.15, 0.2) is 5.78 Å². The van der Waals surface area contributed by atoms with E-state index in [0.717, 1.165) is 31.7 Å². The molecule has 3 N–H and O–H groups in total. The van der Waals surface area contributed by atoms with E-state index in [1.807, 2.05) is 0 Å². The first kappa shape index (κ1) is 21.1. The molecule has 2 aromatic carbocycles. The monoisotopic (exact) mass is 393 g/mol. The van der Waals surface area contributed by atoms with Crippen LogP contribution < -0.4 is 16.0 Å². The van der Waals surface area contributed by atoms with Crippen molar-refractivity contribution < 1.29 is 9.59 Å². The van der Waals surface area contributed by atoms with Crippen LogP contribution in [0.5, 0.6) is 0 Å². The molecule has 1 fully saturated rings. The van der Waals surface area contributed by atoms with Gasteiger partial charge in [0.05, 0.1) is 0 Å². The molecule has 1 aliphatic rings. The second-order valence-corrected chi connectivity index (χ2v) is 7.89. The van der Waals surface area contributed by atoms with Crippen molar-refractivity contribution in [2.45, 2.75) is 45.1 Å². The van der Waals surface area contributed by atoms with E-state index in [-0.39, 0.29) is 11.8 Å². The van der Waals surface area contributed by atoms with E-state index >= 15 is 0 Å². The van der Waals surface area contributed by atoms with Crippen molar-refractivity contribution in [2.24, 2.45) is 5.92 Å². The molecule has 154 valence electrons. The Kier molecular flexibility index (Phi) is 7.82. The summed E-state index contributed by atoms with van der Waals surface area (Å²) in [7, 11) is 0. The van der Waals surface area contributed by atoms with Gasteiger partial charge in [0.2, 0.25) is 0 Å². The van der Waals surface area contributed by atoms with Crippen LogP contribution in [0.25, 0.3) is 0 Å². The molecule has 5 nitrogen and oxygen atoms in total. The quantitative estimate of drug-likeness (QED) is 0.460. The van der Waals surface area contributed by atoms with Crippen molar-refractivity contribution in [1.29, 1.82) is 0 Å². The number of amides is 2. The Bertz CT molecular complexity index is 807. The number of benzene rings is 2. The molecule has 0 aromatic heterocycles. The van der Waals surface area contributed by atoms with Gasteiger partial charge in [-0.3, -0.25) is 4.79 Å². The standard InChI is InChI=1S/C24H31N3O2/c1-18(28)21-9-5-10-23(17-21)27-24(29)26-13-6-11-22-16-20(12-14-25-22)15-19-7-3-2-4-8-19/h2-5,7-10,17,20,22,25H,6,11-16H2,1H3,(H2,26,27,29)/t20-,22-/m1/s1. The zero-order valence-electron chi connectivity index (χ0n) is 17.1. The van der Waals surface area contributed by atoms with Gasteiger partial charge < -0.3 is 16.0 Å². The Morgan fingerprint density at radius 3 is 2.72 bits per heavy atom. The van der Waals surface area contributed by atoms with E-state index < -0.39 is 0 Å². The maximum atomic E-state index is 12.1. The first-order valence-corrected chi connectivity index (χ1v) is 10.5. The van der Waals surface area contributed by atoms with Crippen LogP contribution in [0.1, 0.15) is 48.5 Å². The van der Waals surface area contributed by atoms with Gasteiger partial charge in [0.1, 0.15) is 0 Å². The normalized spacial score (nSPS) is 18.8.